The molecule has 5 rings (SSSR count). The Labute approximate surface area is 247 Å². The van der Waals surface area contributed by atoms with Crippen molar-refractivity contribution in [2.24, 2.45) is 7.05 Å². The number of amides is 2. The maximum Gasteiger partial charge on any atom is 0.256 e. The highest BCUT2D eigenvalue weighted by Gasteiger charge is 2.27. The number of aryl methyl sites for hydroxylation is 1. The quantitative estimate of drug-likeness (QED) is 0.177. The third kappa shape index (κ3) is 6.01. The molecule has 214 valence electrons. The van der Waals surface area contributed by atoms with Crippen molar-refractivity contribution in [3.8, 4) is 11.1 Å². The Morgan fingerprint density at radius 1 is 1.21 bits per heavy atom. The van der Waals surface area contributed by atoms with E-state index in [0.717, 1.165) is 18.4 Å². The minimum Gasteiger partial charge on any atom is -0.383 e. The largest absolute Gasteiger partial charge is 0.383 e. The van der Waals surface area contributed by atoms with E-state index >= 15 is 0 Å². The summed E-state index contributed by atoms with van der Waals surface area (Å²) in [6.07, 6.45) is 9.72. The number of benzene rings is 1. The molecule has 0 bridgehead atoms. The van der Waals surface area contributed by atoms with E-state index < -0.39 is 0 Å². The van der Waals surface area contributed by atoms with Crippen molar-refractivity contribution in [3.63, 3.8) is 0 Å². The summed E-state index contributed by atoms with van der Waals surface area (Å²) in [7, 11) is 1.82. The van der Waals surface area contributed by atoms with Crippen LogP contribution < -0.4 is 16.4 Å². The van der Waals surface area contributed by atoms with E-state index in [9.17, 15) is 15.0 Å². The van der Waals surface area contributed by atoms with E-state index in [0.29, 0.717) is 46.8 Å². The third-order valence-electron chi connectivity index (χ3n) is 7.04. The number of aromatic nitrogens is 4. The molecular formula is C30H30ClN9O2. The lowest BCUT2D eigenvalue weighted by Gasteiger charge is -2.34. The van der Waals surface area contributed by atoms with Gasteiger partial charge in [-0.2, -0.15) is 5.10 Å². The van der Waals surface area contributed by atoms with Crippen LogP contribution in [0.15, 0.2) is 73.8 Å². The summed E-state index contributed by atoms with van der Waals surface area (Å²) < 4.78 is 1.68. The zero-order valence-corrected chi connectivity index (χ0v) is 23.7. The van der Waals surface area contributed by atoms with Gasteiger partial charge in [0, 0.05) is 67.0 Å². The van der Waals surface area contributed by atoms with Crippen LogP contribution in [0.5, 0.6) is 0 Å². The van der Waals surface area contributed by atoms with Gasteiger partial charge in [0.1, 0.15) is 11.6 Å². The summed E-state index contributed by atoms with van der Waals surface area (Å²) in [5, 5.41) is 20.0. The van der Waals surface area contributed by atoms with Crippen LogP contribution in [-0.2, 0) is 11.8 Å². The van der Waals surface area contributed by atoms with Crippen LogP contribution in [0.2, 0.25) is 5.02 Å². The van der Waals surface area contributed by atoms with E-state index in [4.69, 9.17) is 17.3 Å². The number of pyridine rings is 2. The van der Waals surface area contributed by atoms with Gasteiger partial charge in [-0.05, 0) is 43.2 Å². The number of hydrogen-bond acceptors (Lipinski definition) is 8. The standard InChI is InChI=1S/C30H30ClN9O2/c1-3-25(41)40-12-6-7-20(17-40)37-28-22(19-14-36-39(2)16-19)15-35-29(33)26(28)27(32)21-10-9-18(13-23(21)31)30(42)38-24-8-4-5-11-34-24/h3-5,8-11,13-16,20,32H,1,6-7,12,17H2,2H3,(H3,33,35,37)(H,34,38,42)/t20-/m1/s1. The molecule has 0 aliphatic carbocycles. The molecule has 1 aliphatic heterocycles. The van der Waals surface area contributed by atoms with E-state index in [1.54, 1.807) is 58.5 Å². The fourth-order valence-electron chi connectivity index (χ4n) is 4.96. The zero-order valence-electron chi connectivity index (χ0n) is 23.0. The van der Waals surface area contributed by atoms with Gasteiger partial charge in [-0.1, -0.05) is 30.3 Å². The van der Waals surface area contributed by atoms with E-state index in [2.05, 4.69) is 32.3 Å². The highest BCUT2D eigenvalue weighted by Crippen LogP contribution is 2.36. The minimum atomic E-state index is -0.383. The second-order valence-corrected chi connectivity index (χ2v) is 10.3. The maximum atomic E-state index is 12.8. The molecule has 42 heavy (non-hydrogen) atoms. The molecule has 1 atom stereocenters. The smallest absolute Gasteiger partial charge is 0.256 e. The Morgan fingerprint density at radius 3 is 2.74 bits per heavy atom. The second kappa shape index (κ2) is 12.2. The summed E-state index contributed by atoms with van der Waals surface area (Å²) >= 11 is 6.66. The van der Waals surface area contributed by atoms with Crippen molar-refractivity contribution in [2.75, 3.05) is 29.5 Å². The maximum absolute atomic E-state index is 12.8. The number of halogens is 1. The monoisotopic (exact) mass is 583 g/mol. The molecule has 1 saturated heterocycles. The average Bonchev–Trinajstić information content (AvgIpc) is 3.43. The fourth-order valence-corrected chi connectivity index (χ4v) is 5.23. The molecule has 5 N–H and O–H groups in total. The minimum absolute atomic E-state index is 0.0322. The van der Waals surface area contributed by atoms with Crippen LogP contribution in [0.4, 0.5) is 17.3 Å². The number of carbonyl (C=O) groups excluding carboxylic acids is 2. The molecule has 0 unspecified atom stereocenters. The first kappa shape index (κ1) is 28.5. The second-order valence-electron chi connectivity index (χ2n) is 9.92. The summed E-state index contributed by atoms with van der Waals surface area (Å²) in [5.74, 6) is 0.0353. The highest BCUT2D eigenvalue weighted by molar-refractivity contribution is 6.36. The number of nitrogens with zero attached hydrogens (tertiary/aromatic N) is 5. The van der Waals surface area contributed by atoms with Crippen LogP contribution in [0, 0.1) is 5.41 Å². The summed E-state index contributed by atoms with van der Waals surface area (Å²) in [6.45, 7) is 4.73. The Hall–Kier alpha value is -5.03. The van der Waals surface area contributed by atoms with Crippen LogP contribution in [0.1, 0.15) is 34.3 Å². The van der Waals surface area contributed by atoms with Crippen molar-refractivity contribution in [1.82, 2.24) is 24.6 Å². The predicted molar refractivity (Wildman–Crippen MR) is 164 cm³/mol. The average molecular weight is 584 g/mol. The molecule has 3 aromatic heterocycles. The van der Waals surface area contributed by atoms with Crippen molar-refractivity contribution in [3.05, 3.63) is 95.6 Å². The molecular weight excluding hydrogens is 554 g/mol. The lowest BCUT2D eigenvalue weighted by atomic mass is 9.95. The normalized spacial score (nSPS) is 14.7. The molecule has 4 heterocycles. The van der Waals surface area contributed by atoms with Gasteiger partial charge in [0.25, 0.3) is 5.91 Å². The predicted octanol–water partition coefficient (Wildman–Crippen LogP) is 4.37. The van der Waals surface area contributed by atoms with Crippen molar-refractivity contribution < 1.29 is 9.59 Å². The number of nitrogen functional groups attached to an aromatic ring is 1. The van der Waals surface area contributed by atoms with E-state index in [-0.39, 0.29) is 34.4 Å². The molecule has 12 heteroatoms. The van der Waals surface area contributed by atoms with Gasteiger partial charge in [0.15, 0.2) is 0 Å². The third-order valence-corrected chi connectivity index (χ3v) is 7.35. The van der Waals surface area contributed by atoms with Gasteiger partial charge < -0.3 is 21.3 Å². The van der Waals surface area contributed by atoms with Crippen LogP contribution in [-0.4, -0.2) is 61.3 Å². The van der Waals surface area contributed by atoms with Gasteiger partial charge in [-0.15, -0.1) is 0 Å². The Balaban J connectivity index is 1.51. The number of anilines is 3. The van der Waals surface area contributed by atoms with Crippen LogP contribution in [0.3, 0.4) is 0 Å². The summed E-state index contributed by atoms with van der Waals surface area (Å²) in [5.41, 5.74) is 9.57. The Kier molecular flexibility index (Phi) is 8.30. The van der Waals surface area contributed by atoms with Crippen molar-refractivity contribution in [2.45, 2.75) is 18.9 Å². The van der Waals surface area contributed by atoms with Gasteiger partial charge in [-0.3, -0.25) is 19.7 Å². The first-order valence-electron chi connectivity index (χ1n) is 13.3. The first-order chi connectivity index (χ1) is 20.2. The van der Waals surface area contributed by atoms with Gasteiger partial charge in [-0.25, -0.2) is 9.97 Å². The molecule has 1 fully saturated rings. The molecule has 1 aromatic carbocycles. The van der Waals surface area contributed by atoms with E-state index in [1.807, 2.05) is 13.2 Å². The zero-order chi connectivity index (χ0) is 29.8. The molecule has 11 nitrogen and oxygen atoms in total. The van der Waals surface area contributed by atoms with Crippen LogP contribution >= 0.6 is 11.6 Å². The topological polar surface area (TPSA) is 155 Å². The van der Waals surface area contributed by atoms with Gasteiger partial charge in [0.2, 0.25) is 5.91 Å². The summed E-state index contributed by atoms with van der Waals surface area (Å²) in [6, 6.07) is 9.81. The molecule has 0 radical (unpaired) electrons. The lowest BCUT2D eigenvalue weighted by Crippen LogP contribution is -2.44. The van der Waals surface area contributed by atoms with Crippen molar-refractivity contribution in [1.29, 1.82) is 5.41 Å². The number of carbonyl (C=O) groups is 2. The number of rotatable bonds is 8. The molecule has 0 saturated carbocycles. The SMILES string of the molecule is C=CC(=O)N1CCC[C@@H](Nc2c(-c3cnn(C)c3)cnc(N)c2C(=N)c2ccc(C(=O)Nc3ccccn3)cc2Cl)C1. The Morgan fingerprint density at radius 2 is 2.05 bits per heavy atom. The lowest BCUT2D eigenvalue weighted by molar-refractivity contribution is -0.127. The molecule has 1 aliphatic rings. The molecule has 4 aromatic rings. The van der Waals surface area contributed by atoms with Gasteiger partial charge in [0.05, 0.1) is 28.2 Å². The molecule has 0 spiro atoms. The number of nitrogens with two attached hydrogens (primary N) is 1. The number of hydrogen-bond donors (Lipinski definition) is 4. The van der Waals surface area contributed by atoms with Gasteiger partial charge >= 0.3 is 0 Å². The van der Waals surface area contributed by atoms with Crippen LogP contribution in [0.25, 0.3) is 11.1 Å². The molecule has 2 amide bonds. The van der Waals surface area contributed by atoms with E-state index in [1.165, 1.54) is 12.1 Å². The highest BCUT2D eigenvalue weighted by atomic mass is 35.5. The fraction of sp³-hybridized carbons (Fsp3) is 0.200. The first-order valence-corrected chi connectivity index (χ1v) is 13.7. The number of piperidine rings is 1. The summed E-state index contributed by atoms with van der Waals surface area (Å²) in [4.78, 5) is 35.4. The Bertz CT molecular complexity index is 1670. The number of nitrogens with one attached hydrogen (secondary N) is 3. The number of likely N-dealkylation sites (tertiary alicyclic amines) is 1. The van der Waals surface area contributed by atoms with Crippen molar-refractivity contribution >= 4 is 46.5 Å².